The van der Waals surface area contributed by atoms with Crippen molar-refractivity contribution in [3.8, 4) is 17.3 Å². The van der Waals surface area contributed by atoms with Crippen molar-refractivity contribution in [2.45, 2.75) is 37.0 Å². The van der Waals surface area contributed by atoms with Crippen molar-refractivity contribution in [2.75, 3.05) is 18.8 Å². The van der Waals surface area contributed by atoms with E-state index in [0.29, 0.717) is 24.3 Å². The number of nitriles is 1. The minimum Gasteiger partial charge on any atom is -0.392 e. The van der Waals surface area contributed by atoms with Crippen LogP contribution in [0.25, 0.3) is 16.8 Å². The third-order valence-electron chi connectivity index (χ3n) is 5.53. The predicted octanol–water partition coefficient (Wildman–Crippen LogP) is 2.06. The highest BCUT2D eigenvalue weighted by Gasteiger charge is 2.41. The molecule has 0 amide bonds. The number of piperidine rings is 1. The summed E-state index contributed by atoms with van der Waals surface area (Å²) in [4.78, 5) is 3.71. The molecule has 2 aliphatic rings. The van der Waals surface area contributed by atoms with Crippen LogP contribution in [0.3, 0.4) is 0 Å². The van der Waals surface area contributed by atoms with Crippen LogP contribution in [0.4, 0.5) is 14.7 Å². The molecule has 1 aliphatic carbocycles. The predicted molar refractivity (Wildman–Crippen MR) is 116 cm³/mol. The van der Waals surface area contributed by atoms with Gasteiger partial charge in [0.15, 0.2) is 5.82 Å². The summed E-state index contributed by atoms with van der Waals surface area (Å²) in [5, 5.41) is 22.2. The van der Waals surface area contributed by atoms with E-state index in [1.54, 1.807) is 0 Å². The van der Waals surface area contributed by atoms with Gasteiger partial charge < -0.3 is 10.8 Å². The number of nitrogens with zero attached hydrogens (tertiary/aromatic N) is 5. The fourth-order valence-electron chi connectivity index (χ4n) is 3.72. The molecule has 1 aromatic carbocycles. The summed E-state index contributed by atoms with van der Waals surface area (Å²) >= 11 is 0. The van der Waals surface area contributed by atoms with Crippen molar-refractivity contribution >= 4 is 21.5 Å². The van der Waals surface area contributed by atoms with Gasteiger partial charge in [-0.1, -0.05) is 0 Å². The Labute approximate surface area is 189 Å². The molecule has 33 heavy (non-hydrogen) atoms. The van der Waals surface area contributed by atoms with Crippen LogP contribution in [0, 0.1) is 23.0 Å². The normalized spacial score (nSPS) is 19.0. The molecular weight excluding hydrogens is 454 g/mol. The van der Waals surface area contributed by atoms with Gasteiger partial charge in [0.25, 0.3) is 0 Å². The molecule has 0 bridgehead atoms. The maximum absolute atomic E-state index is 13.8. The van der Waals surface area contributed by atoms with Crippen LogP contribution in [-0.2, 0) is 10.0 Å². The lowest BCUT2D eigenvalue weighted by atomic mass is 10.1. The van der Waals surface area contributed by atoms with E-state index in [1.165, 1.54) is 33.2 Å². The fourth-order valence-corrected chi connectivity index (χ4v) is 5.64. The van der Waals surface area contributed by atoms with Crippen LogP contribution >= 0.6 is 0 Å². The molecule has 1 atom stereocenters. The average Bonchev–Trinajstić information content (AvgIpc) is 3.60. The average molecular weight is 477 g/mol. The smallest absolute Gasteiger partial charge is 0.238 e. The van der Waals surface area contributed by atoms with Gasteiger partial charge in [0.05, 0.1) is 34.9 Å². The Morgan fingerprint density at radius 1 is 1.21 bits per heavy atom. The molecule has 1 aliphatic heterocycles. The van der Waals surface area contributed by atoms with Gasteiger partial charge in [-0.05, 0) is 43.9 Å². The number of β-amino-alcohol motifs (C(OH)–C–C–N with tert-alkyl or cyclic N) is 1. The maximum Gasteiger partial charge on any atom is 0.238 e. The zero-order valence-electron chi connectivity index (χ0n) is 17.5. The summed E-state index contributed by atoms with van der Waals surface area (Å²) in [6.07, 6.45) is 3.91. The number of aliphatic hydroxyl groups excluding tert-OH is 1. The number of hydrogen-bond donors (Lipinski definition) is 2. The molecule has 9 nitrogen and oxygen atoms in total. The zero-order chi connectivity index (χ0) is 23.8. The molecule has 1 unspecified atom stereocenters. The number of benzene rings is 1. The van der Waals surface area contributed by atoms with Gasteiger partial charge in [-0.25, -0.2) is 26.7 Å². The van der Waals surface area contributed by atoms with Crippen molar-refractivity contribution in [2.24, 2.45) is 0 Å². The van der Waals surface area contributed by atoms with Crippen LogP contribution in [-0.4, -0.2) is 56.9 Å². The number of halogens is 2. The Hall–Kier alpha value is -3.14. The third kappa shape index (κ3) is 4.80. The molecule has 2 fully saturated rings. The first-order valence-electron chi connectivity index (χ1n) is 10.4. The highest BCUT2D eigenvalue weighted by molar-refractivity contribution is 7.90. The van der Waals surface area contributed by atoms with E-state index in [4.69, 9.17) is 11.0 Å². The number of hydrogen-bond acceptors (Lipinski definition) is 7. The van der Waals surface area contributed by atoms with Gasteiger partial charge in [0.2, 0.25) is 16.0 Å². The largest absolute Gasteiger partial charge is 0.392 e. The summed E-state index contributed by atoms with van der Waals surface area (Å²) in [6, 6.07) is 6.75. The van der Waals surface area contributed by atoms with Gasteiger partial charge in [-0.15, -0.1) is 5.10 Å². The van der Waals surface area contributed by atoms with E-state index >= 15 is 0 Å². The number of aromatic nitrogens is 3. The monoisotopic (exact) mass is 476 g/mol. The van der Waals surface area contributed by atoms with E-state index in [1.807, 2.05) is 6.07 Å². The lowest BCUT2D eigenvalue weighted by Crippen LogP contribution is -2.43. The van der Waals surface area contributed by atoms with E-state index < -0.39 is 27.8 Å². The third-order valence-corrected chi connectivity index (χ3v) is 7.89. The molecule has 2 aromatic heterocycles. The molecule has 3 heterocycles. The topological polar surface area (TPSA) is 138 Å². The van der Waals surface area contributed by atoms with Gasteiger partial charge in [-0.3, -0.25) is 0 Å². The first kappa shape index (κ1) is 23.0. The van der Waals surface area contributed by atoms with Crippen molar-refractivity contribution < 1.29 is 22.3 Å². The first-order valence-corrected chi connectivity index (χ1v) is 11.9. The second-order valence-corrected chi connectivity index (χ2v) is 10.2. The minimum atomic E-state index is -3.05. The molecule has 1 saturated carbocycles. The van der Waals surface area contributed by atoms with Crippen LogP contribution in [0.5, 0.6) is 0 Å². The Morgan fingerprint density at radius 2 is 1.97 bits per heavy atom. The number of fused-ring (bicyclic) bond motifs is 1. The van der Waals surface area contributed by atoms with Crippen LogP contribution in [0.15, 0.2) is 30.5 Å². The maximum atomic E-state index is 13.8. The zero-order valence-corrected chi connectivity index (χ0v) is 18.3. The van der Waals surface area contributed by atoms with Crippen molar-refractivity contribution in [3.63, 3.8) is 0 Å². The molecule has 5 rings (SSSR count). The van der Waals surface area contributed by atoms with E-state index in [2.05, 4.69) is 10.1 Å². The van der Waals surface area contributed by atoms with Crippen LogP contribution in [0.1, 0.15) is 31.2 Å². The van der Waals surface area contributed by atoms with Crippen LogP contribution in [0.2, 0.25) is 0 Å². The second kappa shape index (κ2) is 9.01. The summed E-state index contributed by atoms with van der Waals surface area (Å²) in [6.45, 7) is 0.898. The second-order valence-electron chi connectivity index (χ2n) is 7.99. The molecule has 3 N–H and O–H groups in total. The minimum absolute atomic E-state index is 0.0324. The number of rotatable bonds is 3. The molecule has 3 aromatic rings. The van der Waals surface area contributed by atoms with Gasteiger partial charge >= 0.3 is 0 Å². The number of anilines is 1. The Morgan fingerprint density at radius 3 is 2.64 bits per heavy atom. The van der Waals surface area contributed by atoms with Crippen molar-refractivity contribution in [1.29, 1.82) is 5.26 Å². The van der Waals surface area contributed by atoms with Crippen molar-refractivity contribution in [3.05, 3.63) is 47.7 Å². The molecule has 0 radical (unpaired) electrons. The summed E-state index contributed by atoms with van der Waals surface area (Å²) in [7, 11) is -3.05. The lowest BCUT2D eigenvalue weighted by molar-refractivity contribution is 0.108. The Bertz CT molecular complexity index is 1330. The highest BCUT2D eigenvalue weighted by Crippen LogP contribution is 2.32. The Balaban J connectivity index is 0.000000172. The summed E-state index contributed by atoms with van der Waals surface area (Å²) in [5.74, 6) is -1.12. The molecule has 0 spiro atoms. The lowest BCUT2D eigenvalue weighted by Gasteiger charge is -2.29. The summed E-state index contributed by atoms with van der Waals surface area (Å²) < 4.78 is 53.1. The molecule has 1 saturated heterocycles. The fraction of sp³-hybridized carbons (Fsp3) is 0.381. The van der Waals surface area contributed by atoms with Gasteiger partial charge in [-0.2, -0.15) is 9.57 Å². The number of sulfonamides is 1. The van der Waals surface area contributed by atoms with Gasteiger partial charge in [0, 0.05) is 24.7 Å². The van der Waals surface area contributed by atoms with Crippen molar-refractivity contribution in [1.82, 2.24) is 18.9 Å². The van der Waals surface area contributed by atoms with Crippen LogP contribution < -0.4 is 5.73 Å². The van der Waals surface area contributed by atoms with Gasteiger partial charge in [0.1, 0.15) is 11.3 Å². The Kier molecular flexibility index (Phi) is 6.29. The van der Waals surface area contributed by atoms with E-state index in [9.17, 15) is 22.3 Å². The highest BCUT2D eigenvalue weighted by atomic mass is 32.2. The summed E-state index contributed by atoms with van der Waals surface area (Å²) in [5.41, 5.74) is 6.37. The number of aliphatic hydroxyl groups is 1. The number of nitrogen functional groups attached to an aromatic ring is 1. The van der Waals surface area contributed by atoms with E-state index in [-0.39, 0.29) is 22.3 Å². The molecule has 174 valence electrons. The molecular formula is C21H22F2N6O3S. The number of nitrogens with two attached hydrogens (primary N) is 1. The first-order chi connectivity index (χ1) is 15.7. The van der Waals surface area contributed by atoms with E-state index in [0.717, 1.165) is 31.7 Å². The standard InChI is InChI=1S/C13H7F2N5.C8H15NO3S/c14-8-1-2-9(7(3-8)5-16)11-4-10(15)12-6-18-13(17)19-20(11)12;10-7-2-1-5-9(6-7)13(11,12)8-3-4-8/h1-4,6H,(H2,17,19);7-8,10H,1-6H2. The SMILES string of the molecule is N#Cc1cc(F)ccc1-c1cc(F)c2cnc(N)nn12.O=S(=O)(C1CC1)N1CCCC(O)C1. The quantitative estimate of drug-likeness (QED) is 0.590. The molecule has 12 heteroatoms.